The third-order valence-electron chi connectivity index (χ3n) is 5.49. The van der Waals surface area contributed by atoms with E-state index in [1.807, 2.05) is 55.5 Å². The van der Waals surface area contributed by atoms with Crippen molar-refractivity contribution in [3.05, 3.63) is 65.2 Å². The summed E-state index contributed by atoms with van der Waals surface area (Å²) in [7, 11) is 0. The Morgan fingerprint density at radius 2 is 1.71 bits per heavy atom. The second-order valence-electron chi connectivity index (χ2n) is 8.25. The number of hydrogen-bond acceptors (Lipinski definition) is 3. The Labute approximate surface area is 186 Å². The summed E-state index contributed by atoms with van der Waals surface area (Å²) in [4.78, 5) is 27.5. The number of carbonyl (C=O) groups is 2. The van der Waals surface area contributed by atoms with Crippen molar-refractivity contribution in [1.29, 1.82) is 0 Å². The van der Waals surface area contributed by atoms with Crippen LogP contribution in [0.3, 0.4) is 0 Å². The highest BCUT2D eigenvalue weighted by Gasteiger charge is 2.27. The van der Waals surface area contributed by atoms with Crippen molar-refractivity contribution in [2.24, 2.45) is 0 Å². The molecular formula is C26H36N2O3. The molecule has 0 aliphatic heterocycles. The molecule has 0 bridgehead atoms. The predicted octanol–water partition coefficient (Wildman–Crippen LogP) is 4.83. The van der Waals surface area contributed by atoms with Gasteiger partial charge < -0.3 is 15.0 Å². The molecule has 0 aromatic heterocycles. The molecule has 2 aromatic carbocycles. The molecule has 0 saturated carbocycles. The van der Waals surface area contributed by atoms with Gasteiger partial charge in [-0.1, -0.05) is 69.7 Å². The molecule has 31 heavy (non-hydrogen) atoms. The third kappa shape index (κ3) is 7.12. The number of aryl methyl sites for hydroxylation is 1. The maximum absolute atomic E-state index is 13.2. The highest BCUT2D eigenvalue weighted by molar-refractivity contribution is 5.88. The second-order valence-corrected chi connectivity index (χ2v) is 8.25. The molecule has 5 heteroatoms. The summed E-state index contributed by atoms with van der Waals surface area (Å²) in [5.41, 5.74) is 3.17. The molecule has 2 rings (SSSR count). The zero-order chi connectivity index (χ0) is 22.8. The number of amides is 2. The van der Waals surface area contributed by atoms with E-state index in [1.165, 1.54) is 0 Å². The molecule has 2 aromatic rings. The zero-order valence-corrected chi connectivity index (χ0v) is 19.5. The summed E-state index contributed by atoms with van der Waals surface area (Å²) in [5.74, 6) is 0.650. The largest absolute Gasteiger partial charge is 0.483 e. The van der Waals surface area contributed by atoms with Crippen LogP contribution in [0, 0.1) is 6.92 Å². The van der Waals surface area contributed by atoms with Crippen molar-refractivity contribution in [2.75, 3.05) is 13.2 Å². The minimum Gasteiger partial charge on any atom is -0.483 e. The van der Waals surface area contributed by atoms with Gasteiger partial charge >= 0.3 is 0 Å². The van der Waals surface area contributed by atoms with Gasteiger partial charge in [0.05, 0.1) is 0 Å². The van der Waals surface area contributed by atoms with Gasteiger partial charge in [-0.2, -0.15) is 0 Å². The minimum absolute atomic E-state index is 0.109. The predicted molar refractivity (Wildman–Crippen MR) is 125 cm³/mol. The summed E-state index contributed by atoms with van der Waals surface area (Å²) in [5, 5.41) is 2.94. The van der Waals surface area contributed by atoms with Crippen molar-refractivity contribution in [3.8, 4) is 5.75 Å². The zero-order valence-electron chi connectivity index (χ0n) is 19.5. The number of carbonyl (C=O) groups excluding carboxylic acids is 2. The Hall–Kier alpha value is -2.82. The van der Waals surface area contributed by atoms with Crippen molar-refractivity contribution < 1.29 is 14.3 Å². The van der Waals surface area contributed by atoms with Gasteiger partial charge in [0, 0.05) is 13.1 Å². The van der Waals surface area contributed by atoms with Crippen LogP contribution in [-0.4, -0.2) is 35.9 Å². The number of unbranched alkanes of at least 4 members (excludes halogenated alkanes) is 1. The first-order chi connectivity index (χ1) is 14.8. The molecule has 0 saturated heterocycles. The molecule has 1 N–H and O–H groups in total. The highest BCUT2D eigenvalue weighted by Crippen LogP contribution is 2.26. The van der Waals surface area contributed by atoms with Crippen LogP contribution >= 0.6 is 0 Å². The van der Waals surface area contributed by atoms with Gasteiger partial charge in [-0.15, -0.1) is 0 Å². The van der Waals surface area contributed by atoms with Crippen LogP contribution < -0.4 is 10.1 Å². The Morgan fingerprint density at radius 3 is 2.39 bits per heavy atom. The van der Waals surface area contributed by atoms with Crippen molar-refractivity contribution in [1.82, 2.24) is 10.2 Å². The quantitative estimate of drug-likeness (QED) is 0.526. The maximum atomic E-state index is 13.2. The monoisotopic (exact) mass is 424 g/mol. The van der Waals surface area contributed by atoms with Gasteiger partial charge in [0.2, 0.25) is 5.91 Å². The Kier molecular flexibility index (Phi) is 9.57. The minimum atomic E-state index is -0.590. The molecule has 1 atom stereocenters. The van der Waals surface area contributed by atoms with Crippen LogP contribution in [0.5, 0.6) is 5.75 Å². The van der Waals surface area contributed by atoms with E-state index in [-0.39, 0.29) is 24.3 Å². The molecule has 0 fully saturated rings. The van der Waals surface area contributed by atoms with E-state index in [2.05, 4.69) is 26.1 Å². The fraction of sp³-hybridized carbons (Fsp3) is 0.462. The number of hydrogen-bond donors (Lipinski definition) is 1. The summed E-state index contributed by atoms with van der Waals surface area (Å²) >= 11 is 0. The van der Waals surface area contributed by atoms with Gasteiger partial charge in [0.15, 0.2) is 6.61 Å². The van der Waals surface area contributed by atoms with Gasteiger partial charge in [-0.05, 0) is 48.9 Å². The first kappa shape index (κ1) is 24.4. The second kappa shape index (κ2) is 12.1. The van der Waals surface area contributed by atoms with E-state index in [1.54, 1.807) is 11.8 Å². The van der Waals surface area contributed by atoms with Gasteiger partial charge in [0.1, 0.15) is 11.8 Å². The highest BCUT2D eigenvalue weighted by atomic mass is 16.5. The molecule has 0 heterocycles. The summed E-state index contributed by atoms with van der Waals surface area (Å²) in [6.07, 6.45) is 1.92. The van der Waals surface area contributed by atoms with Gasteiger partial charge in [0.25, 0.3) is 5.91 Å². The topological polar surface area (TPSA) is 58.6 Å². The molecule has 0 spiro atoms. The van der Waals surface area contributed by atoms with Crippen molar-refractivity contribution >= 4 is 11.8 Å². The van der Waals surface area contributed by atoms with E-state index < -0.39 is 6.04 Å². The van der Waals surface area contributed by atoms with E-state index in [0.717, 1.165) is 29.5 Å². The first-order valence-corrected chi connectivity index (χ1v) is 11.2. The number of para-hydroxylation sites is 1. The van der Waals surface area contributed by atoms with Crippen LogP contribution in [0.2, 0.25) is 0 Å². The number of nitrogens with zero attached hydrogens (tertiary/aromatic N) is 1. The van der Waals surface area contributed by atoms with Gasteiger partial charge in [-0.3, -0.25) is 9.59 Å². The average Bonchev–Trinajstić information content (AvgIpc) is 2.76. The fourth-order valence-corrected chi connectivity index (χ4v) is 3.40. The summed E-state index contributed by atoms with van der Waals surface area (Å²) in [6.45, 7) is 10.9. The van der Waals surface area contributed by atoms with Crippen LogP contribution in [0.4, 0.5) is 0 Å². The number of nitrogens with one attached hydrogen (secondary N) is 1. The average molecular weight is 425 g/mol. The fourth-order valence-electron chi connectivity index (χ4n) is 3.40. The lowest BCUT2D eigenvalue weighted by Crippen LogP contribution is -2.49. The van der Waals surface area contributed by atoms with E-state index >= 15 is 0 Å². The molecule has 168 valence electrons. The summed E-state index contributed by atoms with van der Waals surface area (Å²) < 4.78 is 5.91. The van der Waals surface area contributed by atoms with Crippen LogP contribution in [0.1, 0.15) is 63.1 Å². The lowest BCUT2D eigenvalue weighted by Gasteiger charge is -2.29. The lowest BCUT2D eigenvalue weighted by molar-refractivity contribution is -0.142. The molecule has 0 radical (unpaired) electrons. The Bertz CT molecular complexity index is 863. The number of ether oxygens (including phenoxy) is 1. The molecule has 0 unspecified atom stereocenters. The van der Waals surface area contributed by atoms with E-state index in [0.29, 0.717) is 18.8 Å². The van der Waals surface area contributed by atoms with Crippen LogP contribution in [-0.2, 0) is 16.1 Å². The molecule has 0 aliphatic carbocycles. The SMILES string of the molecule is CCCCNC(=O)[C@H](C)N(Cc1ccccc1C)C(=O)COc1ccccc1C(C)C. The molecule has 0 aliphatic rings. The van der Waals surface area contributed by atoms with Crippen LogP contribution in [0.25, 0.3) is 0 Å². The molecule has 5 nitrogen and oxygen atoms in total. The summed E-state index contributed by atoms with van der Waals surface area (Å²) in [6, 6.07) is 15.1. The molecule has 2 amide bonds. The Morgan fingerprint density at radius 1 is 1.03 bits per heavy atom. The van der Waals surface area contributed by atoms with Crippen LogP contribution in [0.15, 0.2) is 48.5 Å². The van der Waals surface area contributed by atoms with E-state index in [9.17, 15) is 9.59 Å². The third-order valence-corrected chi connectivity index (χ3v) is 5.49. The Balaban J connectivity index is 2.17. The number of rotatable bonds is 11. The first-order valence-electron chi connectivity index (χ1n) is 11.2. The van der Waals surface area contributed by atoms with E-state index in [4.69, 9.17) is 4.74 Å². The van der Waals surface area contributed by atoms with Crippen molar-refractivity contribution in [2.45, 2.75) is 66.0 Å². The normalized spacial score (nSPS) is 11.8. The molecular weight excluding hydrogens is 388 g/mol. The lowest BCUT2D eigenvalue weighted by atomic mass is 10.0. The standard InChI is InChI=1S/C26H36N2O3/c1-6-7-16-27-26(30)21(5)28(17-22-13-9-8-12-20(22)4)25(29)18-31-24-15-11-10-14-23(24)19(2)3/h8-15,19,21H,6-7,16-18H2,1-5H3,(H,27,30)/t21-/m0/s1. The van der Waals surface area contributed by atoms with Gasteiger partial charge in [-0.25, -0.2) is 0 Å². The smallest absolute Gasteiger partial charge is 0.261 e. The maximum Gasteiger partial charge on any atom is 0.261 e. The number of benzene rings is 2. The van der Waals surface area contributed by atoms with Crippen molar-refractivity contribution in [3.63, 3.8) is 0 Å².